The van der Waals surface area contributed by atoms with Crippen LogP contribution in [0.15, 0.2) is 42.9 Å². The molecule has 8 nitrogen and oxygen atoms in total. The van der Waals surface area contributed by atoms with Crippen LogP contribution in [0.25, 0.3) is 5.82 Å². The second-order valence-corrected chi connectivity index (χ2v) is 8.11. The smallest absolute Gasteiger partial charge is 0.393 e. The van der Waals surface area contributed by atoms with Gasteiger partial charge in [-0.25, -0.2) is 9.67 Å². The molecular formula is C22H22F3N5O3. The second-order valence-electron chi connectivity index (χ2n) is 8.11. The van der Waals surface area contributed by atoms with Crippen molar-refractivity contribution in [1.29, 1.82) is 0 Å². The number of pyridine rings is 2. The second kappa shape index (κ2) is 8.56. The minimum atomic E-state index is -4.49. The van der Waals surface area contributed by atoms with Gasteiger partial charge in [0.05, 0.1) is 46.7 Å². The molecule has 1 saturated carbocycles. The molecule has 3 aromatic heterocycles. The minimum Gasteiger partial charge on any atom is -0.393 e. The highest BCUT2D eigenvalue weighted by molar-refractivity contribution is 6.04. The van der Waals surface area contributed by atoms with Gasteiger partial charge < -0.3 is 15.5 Å². The molecule has 11 heteroatoms. The number of halogens is 3. The Kier molecular flexibility index (Phi) is 5.93. The maximum absolute atomic E-state index is 12.7. The van der Waals surface area contributed by atoms with Crippen LogP contribution >= 0.6 is 0 Å². The fourth-order valence-corrected chi connectivity index (χ4v) is 3.82. The molecule has 0 aliphatic heterocycles. The maximum atomic E-state index is 12.7. The Morgan fingerprint density at radius 1 is 1.12 bits per heavy atom. The third-order valence-corrected chi connectivity index (χ3v) is 5.83. The number of alkyl halides is 3. The molecule has 4 rings (SSSR count). The number of nitrogens with one attached hydrogen (secondary N) is 1. The van der Waals surface area contributed by atoms with Gasteiger partial charge >= 0.3 is 6.18 Å². The molecule has 0 saturated heterocycles. The van der Waals surface area contributed by atoms with Gasteiger partial charge in [-0.05, 0) is 56.9 Å². The molecule has 0 aromatic carbocycles. The van der Waals surface area contributed by atoms with Crippen LogP contribution in [0.1, 0.15) is 53.0 Å². The minimum absolute atomic E-state index is 0.149. The summed E-state index contributed by atoms with van der Waals surface area (Å²) < 4.78 is 39.5. The lowest BCUT2D eigenvalue weighted by molar-refractivity contribution is -0.137. The van der Waals surface area contributed by atoms with Crippen molar-refractivity contribution in [3.05, 3.63) is 65.4 Å². The Morgan fingerprint density at radius 2 is 1.85 bits per heavy atom. The first-order chi connectivity index (χ1) is 15.6. The molecule has 0 radical (unpaired) electrons. The highest BCUT2D eigenvalue weighted by Gasteiger charge is 2.35. The van der Waals surface area contributed by atoms with Crippen molar-refractivity contribution in [1.82, 2.24) is 19.7 Å². The van der Waals surface area contributed by atoms with Crippen molar-refractivity contribution >= 4 is 11.6 Å². The van der Waals surface area contributed by atoms with E-state index in [-0.39, 0.29) is 11.4 Å². The SMILES string of the molecule is Cc1c(C(=O)Nc2ccc(C3(O)CCC(O)CC3)nc2)cnn1-c1ccc(C(F)(F)F)cn1. The zero-order chi connectivity index (χ0) is 23.8. The van der Waals surface area contributed by atoms with Crippen LogP contribution < -0.4 is 5.32 Å². The van der Waals surface area contributed by atoms with Crippen molar-refractivity contribution in [3.63, 3.8) is 0 Å². The number of carbonyl (C=O) groups excluding carboxylic acids is 1. The molecule has 0 bridgehead atoms. The van der Waals surface area contributed by atoms with Gasteiger partial charge in [0, 0.05) is 6.20 Å². The van der Waals surface area contributed by atoms with E-state index in [0.717, 1.165) is 6.07 Å². The quantitative estimate of drug-likeness (QED) is 0.549. The summed E-state index contributed by atoms with van der Waals surface area (Å²) in [5.74, 6) is -0.323. The van der Waals surface area contributed by atoms with E-state index in [1.165, 1.54) is 23.1 Å². The predicted octanol–water partition coefficient (Wildman–Crippen LogP) is 3.36. The molecular weight excluding hydrogens is 439 g/mol. The number of aliphatic hydroxyl groups excluding tert-OH is 1. The first-order valence-electron chi connectivity index (χ1n) is 10.3. The Hall–Kier alpha value is -3.31. The number of aliphatic hydroxyl groups is 2. The molecule has 174 valence electrons. The summed E-state index contributed by atoms with van der Waals surface area (Å²) in [5.41, 5.74) is -0.472. The van der Waals surface area contributed by atoms with Gasteiger partial charge in [-0.3, -0.25) is 9.78 Å². The first kappa shape index (κ1) is 22.9. The Bertz CT molecular complexity index is 1140. The largest absolute Gasteiger partial charge is 0.417 e. The number of aromatic nitrogens is 4. The topological polar surface area (TPSA) is 113 Å². The number of carbonyl (C=O) groups is 1. The number of amides is 1. The van der Waals surface area contributed by atoms with E-state index < -0.39 is 29.4 Å². The average Bonchev–Trinajstić information content (AvgIpc) is 3.17. The summed E-state index contributed by atoms with van der Waals surface area (Å²) in [6, 6.07) is 5.34. The lowest BCUT2D eigenvalue weighted by Crippen LogP contribution is -2.34. The van der Waals surface area contributed by atoms with E-state index >= 15 is 0 Å². The van der Waals surface area contributed by atoms with Gasteiger partial charge in [-0.2, -0.15) is 18.3 Å². The first-order valence-corrected chi connectivity index (χ1v) is 10.3. The number of hydrogen-bond acceptors (Lipinski definition) is 6. The lowest BCUT2D eigenvalue weighted by Gasteiger charge is -2.33. The molecule has 33 heavy (non-hydrogen) atoms. The van der Waals surface area contributed by atoms with Crippen molar-refractivity contribution in [2.75, 3.05) is 5.32 Å². The summed E-state index contributed by atoms with van der Waals surface area (Å²) in [6.45, 7) is 1.61. The summed E-state index contributed by atoms with van der Waals surface area (Å²) in [6.07, 6.45) is 0.353. The van der Waals surface area contributed by atoms with Gasteiger partial charge in [-0.15, -0.1) is 0 Å². The van der Waals surface area contributed by atoms with E-state index in [2.05, 4.69) is 20.4 Å². The third kappa shape index (κ3) is 4.74. The van der Waals surface area contributed by atoms with Crippen LogP contribution in [-0.4, -0.2) is 42.0 Å². The van der Waals surface area contributed by atoms with E-state index in [9.17, 15) is 28.2 Å². The monoisotopic (exact) mass is 461 g/mol. The number of rotatable bonds is 4. The standard InChI is InChI=1S/C22H22F3N5O3/c1-13-17(12-28-30(13)19-5-2-14(10-27-19)22(23,24)25)20(32)29-15-3-4-18(26-11-15)21(33)8-6-16(31)7-9-21/h2-5,10-12,16,31,33H,6-9H2,1H3,(H,29,32). The van der Waals surface area contributed by atoms with Crippen LogP contribution in [0, 0.1) is 6.92 Å². The molecule has 0 unspecified atom stereocenters. The predicted molar refractivity (Wildman–Crippen MR) is 112 cm³/mol. The summed E-state index contributed by atoms with van der Waals surface area (Å²) in [5, 5.41) is 27.2. The van der Waals surface area contributed by atoms with Gasteiger partial charge in [0.2, 0.25) is 0 Å². The summed E-state index contributed by atoms with van der Waals surface area (Å²) in [7, 11) is 0. The molecule has 3 aromatic rings. The number of hydrogen-bond donors (Lipinski definition) is 3. The van der Waals surface area contributed by atoms with Crippen molar-refractivity contribution in [3.8, 4) is 5.82 Å². The number of anilines is 1. The van der Waals surface area contributed by atoms with Crippen molar-refractivity contribution in [2.45, 2.75) is 50.5 Å². The molecule has 1 aliphatic rings. The highest BCUT2D eigenvalue weighted by atomic mass is 19.4. The molecule has 3 N–H and O–H groups in total. The van der Waals surface area contributed by atoms with E-state index in [1.807, 2.05) is 0 Å². The highest BCUT2D eigenvalue weighted by Crippen LogP contribution is 2.36. The molecule has 0 spiro atoms. The molecule has 1 amide bonds. The lowest BCUT2D eigenvalue weighted by atomic mass is 9.81. The summed E-state index contributed by atoms with van der Waals surface area (Å²) >= 11 is 0. The van der Waals surface area contributed by atoms with Crippen LogP contribution in [0.3, 0.4) is 0 Å². The van der Waals surface area contributed by atoms with Crippen molar-refractivity contribution < 1.29 is 28.2 Å². The normalized spacial score (nSPS) is 21.1. The van der Waals surface area contributed by atoms with E-state index in [4.69, 9.17) is 0 Å². The maximum Gasteiger partial charge on any atom is 0.417 e. The average molecular weight is 461 g/mol. The van der Waals surface area contributed by atoms with Crippen LogP contribution in [0.5, 0.6) is 0 Å². The Labute approximate surface area is 187 Å². The van der Waals surface area contributed by atoms with Crippen molar-refractivity contribution in [2.24, 2.45) is 0 Å². The van der Waals surface area contributed by atoms with Crippen LogP contribution in [0.2, 0.25) is 0 Å². The van der Waals surface area contributed by atoms with Gasteiger partial charge in [0.15, 0.2) is 5.82 Å². The van der Waals surface area contributed by atoms with E-state index in [0.29, 0.717) is 49.0 Å². The fourth-order valence-electron chi connectivity index (χ4n) is 3.82. The molecule has 0 atom stereocenters. The van der Waals surface area contributed by atoms with Gasteiger partial charge in [0.25, 0.3) is 5.91 Å². The number of nitrogens with zero attached hydrogens (tertiary/aromatic N) is 4. The third-order valence-electron chi connectivity index (χ3n) is 5.83. The van der Waals surface area contributed by atoms with Gasteiger partial charge in [0.1, 0.15) is 5.60 Å². The Morgan fingerprint density at radius 3 is 2.42 bits per heavy atom. The molecule has 1 aliphatic carbocycles. The summed E-state index contributed by atoms with van der Waals surface area (Å²) in [4.78, 5) is 20.8. The fraction of sp³-hybridized carbons (Fsp3) is 0.364. The van der Waals surface area contributed by atoms with Crippen LogP contribution in [0.4, 0.5) is 18.9 Å². The van der Waals surface area contributed by atoms with E-state index in [1.54, 1.807) is 19.1 Å². The zero-order valence-corrected chi connectivity index (χ0v) is 17.7. The zero-order valence-electron chi connectivity index (χ0n) is 17.7. The Balaban J connectivity index is 1.47. The van der Waals surface area contributed by atoms with Crippen LogP contribution in [-0.2, 0) is 11.8 Å². The molecule has 3 heterocycles. The van der Waals surface area contributed by atoms with Gasteiger partial charge in [-0.1, -0.05) is 0 Å². The molecule has 1 fully saturated rings.